The van der Waals surface area contributed by atoms with Crippen molar-refractivity contribution in [1.82, 2.24) is 0 Å². The molecular formula is C52H98F16O5Si2. The molecule has 0 aliphatic heterocycles. The Balaban J connectivity index is -0.00000115. The fourth-order valence-electron chi connectivity index (χ4n) is 7.58. The van der Waals surface area contributed by atoms with Crippen molar-refractivity contribution in [3.05, 3.63) is 0 Å². The Hall–Kier alpha value is -0.886. The van der Waals surface area contributed by atoms with Crippen LogP contribution in [-0.4, -0.2) is 104 Å². The predicted molar refractivity (Wildman–Crippen MR) is 272 cm³/mol. The van der Waals surface area contributed by atoms with Gasteiger partial charge in [-0.05, 0) is 46.0 Å². The Kier molecular flexibility index (Phi) is 44.8. The van der Waals surface area contributed by atoms with Crippen molar-refractivity contribution >= 4 is 17.1 Å². The number of halogens is 16. The maximum atomic E-state index is 13.6. The second-order valence-electron chi connectivity index (χ2n) is 20.4. The van der Waals surface area contributed by atoms with Crippen molar-refractivity contribution < 1.29 is 93.1 Å². The first-order valence-corrected chi connectivity index (χ1v) is 33.5. The van der Waals surface area contributed by atoms with Gasteiger partial charge in [-0.3, -0.25) is 0 Å². The Labute approximate surface area is 443 Å². The zero-order valence-electron chi connectivity index (χ0n) is 46.4. The van der Waals surface area contributed by atoms with Crippen LogP contribution >= 0.6 is 0 Å². The first-order valence-electron chi connectivity index (χ1n) is 27.8. The first-order chi connectivity index (χ1) is 34.8. The molecule has 0 fully saturated rings. The van der Waals surface area contributed by atoms with E-state index in [0.29, 0.717) is 6.42 Å². The molecule has 456 valence electrons. The van der Waals surface area contributed by atoms with Gasteiger partial charge in [0.05, 0.1) is 0 Å². The van der Waals surface area contributed by atoms with Crippen molar-refractivity contribution in [3.63, 3.8) is 0 Å². The molecule has 0 aromatic carbocycles. The van der Waals surface area contributed by atoms with E-state index in [0.717, 1.165) is 38.9 Å². The van der Waals surface area contributed by atoms with Gasteiger partial charge in [-0.15, -0.1) is 0 Å². The number of alkyl halides is 16. The minimum Gasteiger partial charge on any atom is -0.395 e. The molecule has 5 nitrogen and oxygen atoms in total. The molecule has 0 aromatic heterocycles. The quantitative estimate of drug-likeness (QED) is 0.0374. The molecule has 0 aliphatic rings. The lowest BCUT2D eigenvalue weighted by molar-refractivity contribution is -0.343. The van der Waals surface area contributed by atoms with Crippen LogP contribution in [0.25, 0.3) is 0 Å². The van der Waals surface area contributed by atoms with E-state index in [2.05, 4.69) is 26.9 Å². The molecule has 0 spiro atoms. The van der Waals surface area contributed by atoms with E-state index in [1.54, 1.807) is 0 Å². The lowest BCUT2D eigenvalue weighted by Gasteiger charge is -2.34. The molecular weight excluding hydrogens is 1060 g/mol. The zero-order chi connectivity index (χ0) is 58.1. The fourth-order valence-corrected chi connectivity index (χ4v) is 10.2. The van der Waals surface area contributed by atoms with E-state index >= 15 is 0 Å². The Bertz CT molecular complexity index is 1310. The van der Waals surface area contributed by atoms with Gasteiger partial charge in [-0.1, -0.05) is 206 Å². The van der Waals surface area contributed by atoms with Gasteiger partial charge in [-0.2, -0.15) is 52.7 Å². The van der Waals surface area contributed by atoms with Crippen molar-refractivity contribution in [1.29, 1.82) is 0 Å². The second kappa shape index (κ2) is 42.9. The fraction of sp³-hybridized carbons (Fsp3) is 1.00. The summed E-state index contributed by atoms with van der Waals surface area (Å²) in [6.07, 6.45) is 31.8. The number of hydrogen-bond acceptors (Lipinski definition) is 5. The molecule has 0 rings (SSSR count). The summed E-state index contributed by atoms with van der Waals surface area (Å²) >= 11 is 0. The van der Waals surface area contributed by atoms with Crippen LogP contribution in [0.2, 0.25) is 26.2 Å². The van der Waals surface area contributed by atoms with Crippen LogP contribution in [0.1, 0.15) is 226 Å². The molecule has 0 aliphatic carbocycles. The molecule has 0 bridgehead atoms. The van der Waals surface area contributed by atoms with E-state index < -0.39 is 78.7 Å². The highest BCUT2D eigenvalue weighted by Crippen LogP contribution is 2.49. The number of unbranched alkanes of at least 4 members (excludes halogenated alkanes) is 30. The molecule has 0 unspecified atom stereocenters. The highest BCUT2D eigenvalue weighted by Gasteiger charge is 2.76. The summed E-state index contributed by atoms with van der Waals surface area (Å²) in [6, 6.07) is 0. The van der Waals surface area contributed by atoms with Crippen molar-refractivity contribution in [3.8, 4) is 0 Å². The van der Waals surface area contributed by atoms with E-state index in [-0.39, 0.29) is 6.61 Å². The summed E-state index contributed by atoms with van der Waals surface area (Å²) in [4.78, 5) is 0. The number of rotatable bonds is 48. The van der Waals surface area contributed by atoms with Crippen molar-refractivity contribution in [2.24, 2.45) is 0 Å². The number of aliphatic hydroxyl groups is 1. The molecule has 0 heterocycles. The Morgan fingerprint density at radius 1 is 0.333 bits per heavy atom. The summed E-state index contributed by atoms with van der Waals surface area (Å²) < 4.78 is 220. The third kappa shape index (κ3) is 36.2. The van der Waals surface area contributed by atoms with Gasteiger partial charge < -0.3 is 22.8 Å². The summed E-state index contributed by atoms with van der Waals surface area (Å²) in [5.74, 6) is -36.0. The van der Waals surface area contributed by atoms with E-state index in [1.807, 2.05) is 6.92 Å². The van der Waals surface area contributed by atoms with Gasteiger partial charge in [0.1, 0.15) is 13.2 Å². The average molecular weight is 1160 g/mol. The van der Waals surface area contributed by atoms with Crippen LogP contribution in [0.5, 0.6) is 0 Å². The molecule has 0 saturated heterocycles. The summed E-state index contributed by atoms with van der Waals surface area (Å²) in [6.45, 7) is 10.5. The zero-order valence-corrected chi connectivity index (χ0v) is 48.4. The smallest absolute Gasteiger partial charge is 0.380 e. The maximum Gasteiger partial charge on any atom is 0.380 e. The minimum atomic E-state index is -6.30. The van der Waals surface area contributed by atoms with Gasteiger partial charge >= 0.3 is 65.5 Å². The topological polar surface area (TPSA) is 57.2 Å². The lowest BCUT2D eigenvalue weighted by atomic mass is 10.0. The summed E-state index contributed by atoms with van der Waals surface area (Å²) in [7, 11) is -5.15. The third-order valence-electron chi connectivity index (χ3n) is 12.5. The van der Waals surface area contributed by atoms with Gasteiger partial charge in [0, 0.05) is 19.8 Å². The number of hydrogen-bond donors (Lipinski definition) is 1. The van der Waals surface area contributed by atoms with Crippen LogP contribution in [-0.2, 0) is 17.7 Å². The third-order valence-corrected chi connectivity index (χ3v) is 16.1. The summed E-state index contributed by atoms with van der Waals surface area (Å²) in [5.41, 5.74) is 0. The lowest BCUT2D eigenvalue weighted by Crippen LogP contribution is -2.60. The predicted octanol–water partition coefficient (Wildman–Crippen LogP) is 20.3. The van der Waals surface area contributed by atoms with Crippen LogP contribution in [0, 0.1) is 0 Å². The molecule has 0 saturated carbocycles. The SMILES string of the molecule is CCCCCCCCCCCCCCCCCCO[Si](C)(C)OCC.CCCCCCCCCCCCCCCCCCO[Si](C)(C)OCC(F)(F)C(F)(F)C(F)(F)C(F)F.OCC(F)(F)C(F)(F)C(F)(F)C(F)F. The Morgan fingerprint density at radius 2 is 0.560 bits per heavy atom. The van der Waals surface area contributed by atoms with Crippen molar-refractivity contribution in [2.75, 3.05) is 33.0 Å². The van der Waals surface area contributed by atoms with Gasteiger partial charge in [0.25, 0.3) is 0 Å². The van der Waals surface area contributed by atoms with Crippen LogP contribution in [0.4, 0.5) is 70.2 Å². The van der Waals surface area contributed by atoms with Crippen LogP contribution in [0.3, 0.4) is 0 Å². The molecule has 75 heavy (non-hydrogen) atoms. The van der Waals surface area contributed by atoms with E-state index in [4.69, 9.17) is 22.8 Å². The largest absolute Gasteiger partial charge is 0.395 e. The highest BCUT2D eigenvalue weighted by molar-refractivity contribution is 6.64. The van der Waals surface area contributed by atoms with Crippen molar-refractivity contribution in [2.45, 2.75) is 301 Å². The molecule has 0 aromatic rings. The molecule has 0 radical (unpaired) electrons. The minimum absolute atomic E-state index is 0.160. The van der Waals surface area contributed by atoms with E-state index in [1.165, 1.54) is 186 Å². The molecule has 23 heteroatoms. The Morgan fingerprint density at radius 3 is 0.787 bits per heavy atom. The highest BCUT2D eigenvalue weighted by atomic mass is 28.4. The number of aliphatic hydroxyl groups excluding tert-OH is 1. The van der Waals surface area contributed by atoms with Crippen LogP contribution < -0.4 is 0 Å². The maximum absolute atomic E-state index is 13.6. The van der Waals surface area contributed by atoms with Crippen LogP contribution in [0.15, 0.2) is 0 Å². The monoisotopic (exact) mass is 1160 g/mol. The normalized spacial score (nSPS) is 13.4. The summed E-state index contributed by atoms with van der Waals surface area (Å²) in [5, 5.41) is 7.67. The second-order valence-corrected chi connectivity index (χ2v) is 27.1. The van der Waals surface area contributed by atoms with Gasteiger partial charge in [0.2, 0.25) is 0 Å². The van der Waals surface area contributed by atoms with Gasteiger partial charge in [-0.25, -0.2) is 17.6 Å². The van der Waals surface area contributed by atoms with E-state index in [9.17, 15) is 70.2 Å². The average Bonchev–Trinajstić information content (AvgIpc) is 3.32. The standard InChI is InChI=1S/C25H46F8O2Si.C22H48O2Si.C5H4F8O/c1-4-5-6-7-8-9-10-11-12-13-14-15-16-17-18-19-20-34-36(2,3)35-21-23(28,29)25(32,33)24(30,31)22(26)27;1-5-7-8-9-10-11-12-13-14-15-16-17-18-19-20-21-22-24-25(3,4)23-6-2;6-2(7)4(10,11)5(12,13)3(8,9)1-14/h22H,4-21H2,1-3H3;5-22H2,1-4H3;2,14H,1H2. The van der Waals surface area contributed by atoms with Gasteiger partial charge in [0.15, 0.2) is 0 Å². The first kappa shape index (κ1) is 78.3. The molecule has 0 amide bonds. The molecule has 0 atom stereocenters. The molecule has 1 N–H and O–H groups in total.